The lowest BCUT2D eigenvalue weighted by Crippen LogP contribution is -2.26. The van der Waals surface area contributed by atoms with Crippen molar-refractivity contribution in [3.05, 3.63) is 0 Å². The van der Waals surface area contributed by atoms with Gasteiger partial charge < -0.3 is 0 Å². The summed E-state index contributed by atoms with van der Waals surface area (Å²) in [5.74, 6) is 0. The van der Waals surface area contributed by atoms with E-state index in [1.165, 1.54) is 25.7 Å². The van der Waals surface area contributed by atoms with Crippen molar-refractivity contribution < 1.29 is 0 Å². The molecule has 1 saturated carbocycles. The van der Waals surface area contributed by atoms with Crippen LogP contribution in [0.4, 0.5) is 0 Å². The third-order valence-corrected chi connectivity index (χ3v) is 7.15. The zero-order chi connectivity index (χ0) is 9.14. The van der Waals surface area contributed by atoms with E-state index in [1.54, 1.807) is 0 Å². The maximum atomic E-state index is 2.47. The Bertz CT molecular complexity index is 116. The van der Waals surface area contributed by atoms with Crippen LogP contribution in [0.1, 0.15) is 25.7 Å². The maximum absolute atomic E-state index is 2.47. The molecular weight excluding hydrogens is 182 g/mol. The van der Waals surface area contributed by atoms with Crippen LogP contribution in [-0.2, 0) is 0 Å². The van der Waals surface area contributed by atoms with Crippen molar-refractivity contribution in [3.63, 3.8) is 0 Å². The van der Waals surface area contributed by atoms with Gasteiger partial charge in [-0.15, -0.1) is 15.8 Å². The summed E-state index contributed by atoms with van der Waals surface area (Å²) < 4.78 is 0. The van der Waals surface area contributed by atoms with Gasteiger partial charge >= 0.3 is 0 Å². The van der Waals surface area contributed by atoms with Gasteiger partial charge in [-0.25, -0.2) is 0 Å². The minimum atomic E-state index is 0.326. The van der Waals surface area contributed by atoms with Crippen LogP contribution in [0, 0.1) is 0 Å². The van der Waals surface area contributed by atoms with E-state index in [0.717, 1.165) is 11.3 Å². The van der Waals surface area contributed by atoms with E-state index in [2.05, 4.69) is 26.7 Å². The van der Waals surface area contributed by atoms with Crippen molar-refractivity contribution in [1.29, 1.82) is 0 Å². The summed E-state index contributed by atoms with van der Waals surface area (Å²) in [7, 11) is 0.652. The molecule has 0 bridgehead atoms. The van der Waals surface area contributed by atoms with E-state index < -0.39 is 0 Å². The van der Waals surface area contributed by atoms with Crippen molar-refractivity contribution in [1.82, 2.24) is 0 Å². The van der Waals surface area contributed by atoms with E-state index in [1.807, 2.05) is 0 Å². The van der Waals surface area contributed by atoms with Gasteiger partial charge in [-0.3, -0.25) is 0 Å². The molecule has 0 nitrogen and oxygen atoms in total. The topological polar surface area (TPSA) is 0 Å². The number of hydrogen-bond donors (Lipinski definition) is 0. The first-order valence-corrected chi connectivity index (χ1v) is 9.57. The summed E-state index contributed by atoms with van der Waals surface area (Å²) in [6.45, 7) is 9.88. The molecule has 0 aromatic heterocycles. The predicted molar refractivity (Wildman–Crippen MR) is 63.6 cm³/mol. The molecule has 2 unspecified atom stereocenters. The van der Waals surface area contributed by atoms with Gasteiger partial charge in [0.05, 0.1) is 0 Å². The summed E-state index contributed by atoms with van der Waals surface area (Å²) in [6.07, 6.45) is 6.07. The lowest BCUT2D eigenvalue weighted by molar-refractivity contribution is 0.519. The first kappa shape index (κ1) is 10.9. The van der Waals surface area contributed by atoms with Crippen LogP contribution in [0.15, 0.2) is 0 Å². The van der Waals surface area contributed by atoms with Crippen LogP contribution in [0.2, 0.25) is 0 Å². The zero-order valence-electron chi connectivity index (χ0n) is 8.88. The molecule has 0 saturated heterocycles. The zero-order valence-corrected chi connectivity index (χ0v) is 10.7. The molecule has 1 aliphatic carbocycles. The van der Waals surface area contributed by atoms with Crippen molar-refractivity contribution in [2.75, 3.05) is 26.7 Å². The minimum absolute atomic E-state index is 0.326. The molecule has 0 aromatic rings. The van der Waals surface area contributed by atoms with Gasteiger partial charge in [0.15, 0.2) is 0 Å². The highest BCUT2D eigenvalue weighted by atomic mass is 31.1. The van der Waals surface area contributed by atoms with E-state index >= 15 is 0 Å². The molecule has 1 rings (SSSR count). The Labute approximate surface area is 80.0 Å². The van der Waals surface area contributed by atoms with Crippen LogP contribution in [0.5, 0.6) is 0 Å². The lowest BCUT2D eigenvalue weighted by Gasteiger charge is -2.37. The highest BCUT2D eigenvalue weighted by Gasteiger charge is 2.28. The molecule has 1 aliphatic rings. The summed E-state index contributed by atoms with van der Waals surface area (Å²) in [6, 6.07) is 0. The van der Waals surface area contributed by atoms with Crippen molar-refractivity contribution in [2.24, 2.45) is 0 Å². The Morgan fingerprint density at radius 3 is 1.33 bits per heavy atom. The van der Waals surface area contributed by atoms with Gasteiger partial charge in [-0.05, 0) is 50.8 Å². The second-order valence-corrected chi connectivity index (χ2v) is 9.53. The maximum Gasteiger partial charge on any atom is -0.0147 e. The van der Waals surface area contributed by atoms with Crippen LogP contribution in [0.3, 0.4) is 0 Å². The van der Waals surface area contributed by atoms with E-state index in [-0.39, 0.29) is 0 Å². The number of hydrogen-bond acceptors (Lipinski definition) is 0. The van der Waals surface area contributed by atoms with Gasteiger partial charge in [0.2, 0.25) is 0 Å². The quantitative estimate of drug-likeness (QED) is 0.600. The Kier molecular flexibility index (Phi) is 4.49. The molecule has 0 aromatic carbocycles. The lowest BCUT2D eigenvalue weighted by atomic mass is 9.99. The molecule has 0 amide bonds. The van der Waals surface area contributed by atoms with Crippen LogP contribution >= 0.6 is 15.8 Å². The van der Waals surface area contributed by atoms with Gasteiger partial charge in [0.25, 0.3) is 0 Å². The fourth-order valence-electron chi connectivity index (χ4n) is 2.30. The van der Waals surface area contributed by atoms with E-state index in [0.29, 0.717) is 15.8 Å². The number of rotatable bonds is 2. The van der Waals surface area contributed by atoms with Crippen LogP contribution < -0.4 is 0 Å². The molecule has 2 heteroatoms. The highest BCUT2D eigenvalue weighted by molar-refractivity contribution is 7.61. The van der Waals surface area contributed by atoms with Crippen molar-refractivity contribution in [3.8, 4) is 0 Å². The average Bonchev–Trinajstić information content (AvgIpc) is 2.04. The first-order chi connectivity index (χ1) is 5.63. The molecule has 2 atom stereocenters. The summed E-state index contributed by atoms with van der Waals surface area (Å²) in [5, 5.41) is 0. The molecule has 1 fully saturated rings. The van der Waals surface area contributed by atoms with Gasteiger partial charge in [0, 0.05) is 0 Å². The van der Waals surface area contributed by atoms with E-state index in [4.69, 9.17) is 0 Å². The molecule has 72 valence electrons. The Balaban J connectivity index is 2.54. The third kappa shape index (κ3) is 2.68. The second-order valence-electron chi connectivity index (χ2n) is 4.35. The Hall–Kier alpha value is 0.860. The fourth-order valence-corrected chi connectivity index (χ4v) is 6.97. The smallest absolute Gasteiger partial charge is 0.0147 e. The van der Waals surface area contributed by atoms with Crippen LogP contribution in [-0.4, -0.2) is 38.0 Å². The SMILES string of the molecule is CP(C)C1CCCCC1P(C)C. The molecule has 0 spiro atoms. The predicted octanol–water partition coefficient (Wildman–Crippen LogP) is 3.78. The van der Waals surface area contributed by atoms with Gasteiger partial charge in [-0.2, -0.15) is 0 Å². The van der Waals surface area contributed by atoms with Crippen LogP contribution in [0.25, 0.3) is 0 Å². The third-order valence-electron chi connectivity index (χ3n) is 3.02. The van der Waals surface area contributed by atoms with Gasteiger partial charge in [0.1, 0.15) is 0 Å². The van der Waals surface area contributed by atoms with Gasteiger partial charge in [-0.1, -0.05) is 12.8 Å². The highest BCUT2D eigenvalue weighted by Crippen LogP contribution is 2.51. The molecule has 0 N–H and O–H groups in total. The minimum Gasteiger partial charge on any atom is -0.109 e. The summed E-state index contributed by atoms with van der Waals surface area (Å²) in [5.41, 5.74) is 2.21. The molecule has 0 radical (unpaired) electrons. The average molecular weight is 204 g/mol. The molecular formula is C10H22P2. The summed E-state index contributed by atoms with van der Waals surface area (Å²) >= 11 is 0. The monoisotopic (exact) mass is 204 g/mol. The van der Waals surface area contributed by atoms with Crippen molar-refractivity contribution >= 4 is 15.8 Å². The molecule has 0 heterocycles. The summed E-state index contributed by atoms with van der Waals surface area (Å²) in [4.78, 5) is 0. The second kappa shape index (κ2) is 4.92. The normalized spacial score (nSPS) is 31.5. The van der Waals surface area contributed by atoms with Crippen molar-refractivity contribution in [2.45, 2.75) is 37.0 Å². The Morgan fingerprint density at radius 1 is 0.750 bits per heavy atom. The Morgan fingerprint density at radius 2 is 1.08 bits per heavy atom. The largest absolute Gasteiger partial charge is 0.109 e. The fraction of sp³-hybridized carbons (Fsp3) is 1.00. The first-order valence-electron chi connectivity index (χ1n) is 4.96. The van der Waals surface area contributed by atoms with E-state index in [9.17, 15) is 0 Å². The molecule has 0 aliphatic heterocycles. The molecule has 12 heavy (non-hydrogen) atoms. The standard InChI is InChI=1S/C10H22P2/c1-11(2)9-7-5-6-8-10(9)12(3)4/h9-10H,5-8H2,1-4H3.